The molecule has 0 atom stereocenters. The van der Waals surface area contributed by atoms with Crippen LogP contribution in [0.1, 0.15) is 0 Å². The lowest BCUT2D eigenvalue weighted by Gasteiger charge is -2.14. The van der Waals surface area contributed by atoms with Gasteiger partial charge in [-0.15, -0.1) is 0 Å². The fourth-order valence-corrected chi connectivity index (χ4v) is 4.85. The summed E-state index contributed by atoms with van der Waals surface area (Å²) >= 11 is 5.87. The summed E-state index contributed by atoms with van der Waals surface area (Å²) in [6.07, 6.45) is 8.60. The summed E-state index contributed by atoms with van der Waals surface area (Å²) in [4.78, 5) is 18.9. The number of ether oxygens (including phenoxy) is 1. The van der Waals surface area contributed by atoms with Gasteiger partial charge < -0.3 is 14.1 Å². The highest BCUT2D eigenvalue weighted by Gasteiger charge is 2.25. The van der Waals surface area contributed by atoms with Crippen molar-refractivity contribution >= 4 is 32.8 Å². The lowest BCUT2D eigenvalue weighted by Crippen LogP contribution is -2.16. The largest absolute Gasteiger partial charge is 0.480 e. The molecule has 0 aliphatic rings. The number of aromatic amines is 1. The molecule has 5 aromatic rings. The fraction of sp³-hybridized carbons (Fsp3) is 0.0476. The number of hydrogen-bond acceptors (Lipinski definition) is 7. The average molecular weight is 518 g/mol. The minimum Gasteiger partial charge on any atom is -0.480 e. The summed E-state index contributed by atoms with van der Waals surface area (Å²) in [6.45, 7) is 0. The Bertz CT molecular complexity index is 1670. The number of nitrogens with one attached hydrogen (secondary N) is 2. The Hall–Kier alpha value is -4.10. The monoisotopic (exact) mass is 517 g/mol. The zero-order valence-electron chi connectivity index (χ0n) is 17.7. The van der Waals surface area contributed by atoms with Gasteiger partial charge in [0.2, 0.25) is 5.88 Å². The molecule has 0 saturated carbocycles. The molecule has 0 fully saturated rings. The molecule has 178 valence electrons. The zero-order chi connectivity index (χ0) is 24.7. The number of methoxy groups -OCH3 is 1. The van der Waals surface area contributed by atoms with Gasteiger partial charge in [-0.3, -0.25) is 9.71 Å². The van der Waals surface area contributed by atoms with Crippen LogP contribution in [-0.2, 0) is 10.0 Å². The molecule has 4 heterocycles. The van der Waals surface area contributed by atoms with E-state index < -0.39 is 37.8 Å². The third-order valence-electron chi connectivity index (χ3n) is 5.00. The lowest BCUT2D eigenvalue weighted by molar-refractivity contribution is 0.385. The summed E-state index contributed by atoms with van der Waals surface area (Å²) in [5.41, 5.74) is -0.0785. The van der Waals surface area contributed by atoms with Crippen LogP contribution in [0, 0.1) is 11.6 Å². The van der Waals surface area contributed by atoms with E-state index in [9.17, 15) is 12.8 Å². The van der Waals surface area contributed by atoms with E-state index in [-0.39, 0.29) is 16.6 Å². The molecular formula is C21H14ClF2N7O3S. The minimum absolute atomic E-state index is 0.0261. The van der Waals surface area contributed by atoms with Crippen LogP contribution in [0.25, 0.3) is 28.3 Å². The predicted octanol–water partition coefficient (Wildman–Crippen LogP) is 3.92. The first-order chi connectivity index (χ1) is 16.8. The molecule has 0 spiro atoms. The minimum atomic E-state index is -4.40. The van der Waals surface area contributed by atoms with E-state index in [1.165, 1.54) is 36.4 Å². The van der Waals surface area contributed by atoms with E-state index in [0.29, 0.717) is 17.0 Å². The van der Waals surface area contributed by atoms with E-state index in [2.05, 4.69) is 29.6 Å². The summed E-state index contributed by atoms with van der Waals surface area (Å²) in [5.74, 6) is -1.85. The number of imidazole rings is 2. The predicted molar refractivity (Wildman–Crippen MR) is 123 cm³/mol. The van der Waals surface area contributed by atoms with Crippen LogP contribution in [0.3, 0.4) is 0 Å². The Kier molecular flexibility index (Phi) is 5.57. The van der Waals surface area contributed by atoms with Gasteiger partial charge in [-0.1, -0.05) is 11.6 Å². The van der Waals surface area contributed by atoms with E-state index in [1.54, 1.807) is 12.4 Å². The molecular weight excluding hydrogens is 504 g/mol. The molecule has 0 amide bonds. The number of halogens is 3. The highest BCUT2D eigenvalue weighted by molar-refractivity contribution is 7.92. The third-order valence-corrected chi connectivity index (χ3v) is 6.57. The average Bonchev–Trinajstić information content (AvgIpc) is 3.50. The molecule has 14 heteroatoms. The van der Waals surface area contributed by atoms with Gasteiger partial charge in [-0.05, 0) is 18.2 Å². The van der Waals surface area contributed by atoms with Crippen LogP contribution in [-0.4, -0.2) is 44.8 Å². The summed E-state index contributed by atoms with van der Waals surface area (Å²) in [6, 6.07) is 2.99. The highest BCUT2D eigenvalue weighted by atomic mass is 35.5. The molecule has 1 aromatic carbocycles. The normalized spacial score (nSPS) is 11.7. The van der Waals surface area contributed by atoms with Gasteiger partial charge in [0.1, 0.15) is 17.8 Å². The number of H-pyrrole nitrogens is 1. The van der Waals surface area contributed by atoms with E-state index in [0.717, 1.165) is 18.2 Å². The second-order valence-corrected chi connectivity index (χ2v) is 9.23. The Morgan fingerprint density at radius 3 is 2.71 bits per heavy atom. The molecule has 5 rings (SSSR count). The van der Waals surface area contributed by atoms with Gasteiger partial charge in [0.15, 0.2) is 16.5 Å². The number of anilines is 1. The van der Waals surface area contributed by atoms with Crippen LogP contribution in [0.5, 0.6) is 5.88 Å². The summed E-state index contributed by atoms with van der Waals surface area (Å²) < 4.78 is 64.6. The highest BCUT2D eigenvalue weighted by Crippen LogP contribution is 2.33. The SMILES string of the molecule is COc1ncc(Cl)cc1S(=O)(=O)Nc1ccc(F)c(-c2cn3cnc(-c4ncc[nH]4)c3cn2)c1F. The molecule has 0 unspecified atom stereocenters. The second kappa shape index (κ2) is 8.60. The van der Waals surface area contributed by atoms with Gasteiger partial charge >= 0.3 is 0 Å². The number of fused-ring (bicyclic) bond motifs is 1. The molecule has 10 nitrogen and oxygen atoms in total. The number of aromatic nitrogens is 6. The Morgan fingerprint density at radius 1 is 1.14 bits per heavy atom. The molecule has 0 radical (unpaired) electrons. The molecule has 35 heavy (non-hydrogen) atoms. The first-order valence-corrected chi connectivity index (χ1v) is 11.7. The topological polar surface area (TPSA) is 127 Å². The van der Waals surface area contributed by atoms with E-state index >= 15 is 4.39 Å². The van der Waals surface area contributed by atoms with E-state index in [4.69, 9.17) is 16.3 Å². The van der Waals surface area contributed by atoms with Crippen molar-refractivity contribution in [3.05, 3.63) is 72.2 Å². The smallest absolute Gasteiger partial charge is 0.267 e. The first-order valence-electron chi connectivity index (χ1n) is 9.81. The van der Waals surface area contributed by atoms with Crippen molar-refractivity contribution in [2.45, 2.75) is 4.90 Å². The number of rotatable bonds is 6. The van der Waals surface area contributed by atoms with Crippen molar-refractivity contribution in [1.82, 2.24) is 29.3 Å². The molecule has 0 aliphatic carbocycles. The molecule has 0 bridgehead atoms. The number of benzene rings is 1. The van der Waals surface area contributed by atoms with Crippen molar-refractivity contribution in [2.24, 2.45) is 0 Å². The van der Waals surface area contributed by atoms with Gasteiger partial charge in [0, 0.05) is 24.8 Å². The molecule has 4 aromatic heterocycles. The number of hydrogen-bond donors (Lipinski definition) is 2. The maximum absolute atomic E-state index is 15.4. The van der Waals surface area contributed by atoms with Crippen molar-refractivity contribution in [3.63, 3.8) is 0 Å². The molecule has 0 saturated heterocycles. The lowest BCUT2D eigenvalue weighted by atomic mass is 10.1. The van der Waals surface area contributed by atoms with Crippen LogP contribution < -0.4 is 9.46 Å². The fourth-order valence-electron chi connectivity index (χ4n) is 3.42. The third kappa shape index (κ3) is 4.04. The standard InChI is InChI=1S/C21H14ClF2N7O3S/c1-34-21-16(6-11(22)7-28-21)35(32,33)30-13-3-2-12(23)17(18(13)24)14-9-31-10-29-19(15(31)8-27-14)20-25-4-5-26-20/h2-10,30H,1H3,(H,25,26). The Morgan fingerprint density at radius 2 is 1.97 bits per heavy atom. The first kappa shape index (κ1) is 22.7. The van der Waals surface area contributed by atoms with Crippen LogP contribution in [0.4, 0.5) is 14.5 Å². The van der Waals surface area contributed by atoms with Crippen molar-refractivity contribution < 1.29 is 21.9 Å². The van der Waals surface area contributed by atoms with Gasteiger partial charge in [-0.2, -0.15) is 0 Å². The van der Waals surface area contributed by atoms with Gasteiger partial charge in [0.05, 0.1) is 40.8 Å². The van der Waals surface area contributed by atoms with Crippen molar-refractivity contribution in [1.29, 1.82) is 0 Å². The van der Waals surface area contributed by atoms with Gasteiger partial charge in [0.25, 0.3) is 10.0 Å². The number of nitrogens with zero attached hydrogens (tertiary/aromatic N) is 5. The van der Waals surface area contributed by atoms with E-state index in [1.807, 2.05) is 0 Å². The summed E-state index contributed by atoms with van der Waals surface area (Å²) in [7, 11) is -3.18. The van der Waals surface area contributed by atoms with Crippen LogP contribution in [0.2, 0.25) is 5.02 Å². The maximum atomic E-state index is 15.4. The Balaban J connectivity index is 1.56. The quantitative estimate of drug-likeness (QED) is 0.349. The van der Waals surface area contributed by atoms with Crippen LogP contribution in [0.15, 0.2) is 60.4 Å². The van der Waals surface area contributed by atoms with Crippen LogP contribution >= 0.6 is 11.6 Å². The maximum Gasteiger partial charge on any atom is 0.267 e. The molecule has 0 aliphatic heterocycles. The molecule has 2 N–H and O–H groups in total. The zero-order valence-corrected chi connectivity index (χ0v) is 19.3. The second-order valence-electron chi connectivity index (χ2n) is 7.15. The summed E-state index contributed by atoms with van der Waals surface area (Å²) in [5, 5.41) is 0.0261. The van der Waals surface area contributed by atoms with Crippen molar-refractivity contribution in [2.75, 3.05) is 11.8 Å². The van der Waals surface area contributed by atoms with Gasteiger partial charge in [-0.25, -0.2) is 32.2 Å². The number of pyridine rings is 1. The Labute approximate surface area is 201 Å². The number of sulfonamides is 1. The van der Waals surface area contributed by atoms with Crippen molar-refractivity contribution in [3.8, 4) is 28.7 Å².